The molecule has 0 saturated carbocycles. The molecule has 0 aliphatic heterocycles. The van der Waals surface area contributed by atoms with Crippen LogP contribution in [-0.2, 0) is 12.0 Å². The Morgan fingerprint density at radius 3 is 3.05 bits per heavy atom. The van der Waals surface area contributed by atoms with Crippen LogP contribution in [-0.4, -0.2) is 22.7 Å². The van der Waals surface area contributed by atoms with Gasteiger partial charge < -0.3 is 14.9 Å². The molecule has 1 unspecified atom stereocenters. The third-order valence-corrected chi connectivity index (χ3v) is 3.96. The minimum absolute atomic E-state index is 0.175. The van der Waals surface area contributed by atoms with Crippen molar-refractivity contribution in [2.45, 2.75) is 31.8 Å². The van der Waals surface area contributed by atoms with E-state index in [2.05, 4.69) is 10.5 Å². The van der Waals surface area contributed by atoms with E-state index < -0.39 is 5.60 Å². The first-order chi connectivity index (χ1) is 10.1. The van der Waals surface area contributed by atoms with Crippen molar-refractivity contribution in [3.63, 3.8) is 0 Å². The Morgan fingerprint density at radius 2 is 2.29 bits per heavy atom. The Morgan fingerprint density at radius 1 is 1.48 bits per heavy atom. The summed E-state index contributed by atoms with van der Waals surface area (Å²) in [5, 5.41) is 17.3. The van der Waals surface area contributed by atoms with Gasteiger partial charge in [0.05, 0.1) is 6.54 Å². The Balaban J connectivity index is 1.74. The lowest BCUT2D eigenvalue weighted by molar-refractivity contribution is 0.0188. The highest BCUT2D eigenvalue weighted by Crippen LogP contribution is 2.34. The van der Waals surface area contributed by atoms with Gasteiger partial charge in [-0.25, -0.2) is 0 Å². The average Bonchev–Trinajstić information content (AvgIpc) is 2.92. The minimum atomic E-state index is -1.01. The second-order valence-electron chi connectivity index (χ2n) is 5.55. The number of nitrogens with zero attached hydrogens (tertiary/aromatic N) is 1. The zero-order chi connectivity index (χ0) is 14.9. The summed E-state index contributed by atoms with van der Waals surface area (Å²) >= 11 is 0. The molecule has 5 nitrogen and oxygen atoms in total. The Kier molecular flexibility index (Phi) is 3.51. The van der Waals surface area contributed by atoms with Gasteiger partial charge in [-0.15, -0.1) is 0 Å². The summed E-state index contributed by atoms with van der Waals surface area (Å²) in [6.07, 6.45) is 2.52. The van der Waals surface area contributed by atoms with Crippen molar-refractivity contribution in [3.05, 3.63) is 52.9 Å². The molecule has 0 spiro atoms. The first-order valence-corrected chi connectivity index (χ1v) is 7.11. The van der Waals surface area contributed by atoms with Crippen LogP contribution in [0, 0.1) is 6.92 Å². The summed E-state index contributed by atoms with van der Waals surface area (Å²) < 4.78 is 4.89. The highest BCUT2D eigenvalue weighted by Gasteiger charge is 2.34. The summed E-state index contributed by atoms with van der Waals surface area (Å²) in [4.78, 5) is 12.0. The number of nitrogens with one attached hydrogen (secondary N) is 1. The van der Waals surface area contributed by atoms with E-state index in [9.17, 15) is 9.90 Å². The van der Waals surface area contributed by atoms with Gasteiger partial charge in [0.15, 0.2) is 5.69 Å². The lowest BCUT2D eigenvalue weighted by atomic mass is 9.79. The maximum Gasteiger partial charge on any atom is 0.273 e. The zero-order valence-corrected chi connectivity index (χ0v) is 11.9. The van der Waals surface area contributed by atoms with Gasteiger partial charge in [-0.05, 0) is 37.3 Å². The van der Waals surface area contributed by atoms with Crippen LogP contribution < -0.4 is 5.32 Å². The zero-order valence-electron chi connectivity index (χ0n) is 11.9. The highest BCUT2D eigenvalue weighted by atomic mass is 16.5. The maximum absolute atomic E-state index is 12.0. The number of carbonyl (C=O) groups excluding carboxylic acids is 1. The molecule has 0 saturated heterocycles. The van der Waals surface area contributed by atoms with E-state index in [1.807, 2.05) is 24.3 Å². The number of aromatic nitrogens is 1. The Hall–Kier alpha value is -2.14. The van der Waals surface area contributed by atoms with E-state index in [4.69, 9.17) is 4.52 Å². The molecule has 1 aromatic carbocycles. The molecule has 1 aromatic heterocycles. The molecule has 21 heavy (non-hydrogen) atoms. The van der Waals surface area contributed by atoms with Crippen LogP contribution in [0.2, 0.25) is 0 Å². The molecular formula is C16H18N2O3. The molecule has 1 heterocycles. The molecule has 0 fully saturated rings. The van der Waals surface area contributed by atoms with Crippen molar-refractivity contribution in [3.8, 4) is 0 Å². The predicted molar refractivity (Wildman–Crippen MR) is 76.9 cm³/mol. The van der Waals surface area contributed by atoms with Crippen molar-refractivity contribution >= 4 is 5.91 Å². The molecule has 1 amide bonds. The molecular weight excluding hydrogens is 268 g/mol. The maximum atomic E-state index is 12.0. The molecule has 0 radical (unpaired) electrons. The summed E-state index contributed by atoms with van der Waals surface area (Å²) in [5.41, 5.74) is 1.29. The number of aryl methyl sites for hydroxylation is 2. The average molecular weight is 286 g/mol. The minimum Gasteiger partial charge on any atom is -0.383 e. The molecule has 2 N–H and O–H groups in total. The first-order valence-electron chi connectivity index (χ1n) is 7.11. The predicted octanol–water partition coefficient (Wildman–Crippen LogP) is 1.94. The number of carbonyl (C=O) groups is 1. The molecule has 0 bridgehead atoms. The number of hydrogen-bond donors (Lipinski definition) is 2. The highest BCUT2D eigenvalue weighted by molar-refractivity contribution is 5.92. The van der Waals surface area contributed by atoms with Gasteiger partial charge in [0.1, 0.15) is 11.4 Å². The monoisotopic (exact) mass is 286 g/mol. The second-order valence-corrected chi connectivity index (χ2v) is 5.55. The second kappa shape index (κ2) is 5.33. The normalized spacial score (nSPS) is 20.9. The van der Waals surface area contributed by atoms with Crippen LogP contribution in [0.25, 0.3) is 0 Å². The molecule has 2 aromatic rings. The molecule has 1 aliphatic carbocycles. The van der Waals surface area contributed by atoms with Crippen LogP contribution in [0.1, 0.15) is 40.2 Å². The summed E-state index contributed by atoms with van der Waals surface area (Å²) in [7, 11) is 0. The van der Waals surface area contributed by atoms with Crippen LogP contribution >= 0.6 is 0 Å². The van der Waals surface area contributed by atoms with E-state index in [1.165, 1.54) is 0 Å². The van der Waals surface area contributed by atoms with E-state index in [1.54, 1.807) is 13.0 Å². The SMILES string of the molecule is Cc1cc(C(=O)NCC2(O)CCCc3ccccc32)no1. The number of hydrogen-bond acceptors (Lipinski definition) is 4. The fraction of sp³-hybridized carbons (Fsp3) is 0.375. The van der Waals surface area contributed by atoms with Gasteiger partial charge in [0.2, 0.25) is 0 Å². The van der Waals surface area contributed by atoms with Crippen LogP contribution in [0.5, 0.6) is 0 Å². The van der Waals surface area contributed by atoms with Gasteiger partial charge in [0, 0.05) is 6.07 Å². The van der Waals surface area contributed by atoms with E-state index in [-0.39, 0.29) is 18.1 Å². The summed E-state index contributed by atoms with van der Waals surface area (Å²) in [5.74, 6) is 0.255. The topological polar surface area (TPSA) is 75.4 Å². The molecule has 3 rings (SSSR count). The molecule has 1 atom stereocenters. The molecule has 5 heteroatoms. The smallest absolute Gasteiger partial charge is 0.273 e. The van der Waals surface area contributed by atoms with Crippen molar-refractivity contribution in [2.75, 3.05) is 6.54 Å². The van der Waals surface area contributed by atoms with Gasteiger partial charge in [-0.3, -0.25) is 4.79 Å². The van der Waals surface area contributed by atoms with Gasteiger partial charge in [0.25, 0.3) is 5.91 Å². The van der Waals surface area contributed by atoms with Crippen molar-refractivity contribution in [1.29, 1.82) is 0 Å². The van der Waals surface area contributed by atoms with Crippen LogP contribution in [0.4, 0.5) is 0 Å². The number of aliphatic hydroxyl groups is 1. The lowest BCUT2D eigenvalue weighted by Gasteiger charge is -2.34. The largest absolute Gasteiger partial charge is 0.383 e. The quantitative estimate of drug-likeness (QED) is 0.904. The third-order valence-electron chi connectivity index (χ3n) is 3.96. The molecule has 1 aliphatic rings. The first kappa shape index (κ1) is 13.8. The fourth-order valence-electron chi connectivity index (χ4n) is 2.87. The van der Waals surface area contributed by atoms with Gasteiger partial charge in [-0.1, -0.05) is 29.4 Å². The van der Waals surface area contributed by atoms with E-state index >= 15 is 0 Å². The standard InChI is InChI=1S/C16H18N2O3/c1-11-9-14(18-21-11)15(19)17-10-16(20)8-4-6-12-5-2-3-7-13(12)16/h2-3,5,7,9,20H,4,6,8,10H2,1H3,(H,17,19). The number of rotatable bonds is 3. The lowest BCUT2D eigenvalue weighted by Crippen LogP contribution is -2.43. The number of amides is 1. The van der Waals surface area contributed by atoms with Crippen LogP contribution in [0.3, 0.4) is 0 Å². The van der Waals surface area contributed by atoms with Crippen LogP contribution in [0.15, 0.2) is 34.9 Å². The van der Waals surface area contributed by atoms with E-state index in [0.717, 1.165) is 24.0 Å². The third kappa shape index (κ3) is 2.69. The Bertz CT molecular complexity index is 665. The van der Waals surface area contributed by atoms with Crippen molar-refractivity contribution in [1.82, 2.24) is 10.5 Å². The van der Waals surface area contributed by atoms with Gasteiger partial charge >= 0.3 is 0 Å². The summed E-state index contributed by atoms with van der Waals surface area (Å²) in [6.45, 7) is 1.91. The Labute approximate surface area is 123 Å². The van der Waals surface area contributed by atoms with Crippen molar-refractivity contribution < 1.29 is 14.4 Å². The number of benzene rings is 1. The van der Waals surface area contributed by atoms with E-state index in [0.29, 0.717) is 12.2 Å². The van der Waals surface area contributed by atoms with Crippen molar-refractivity contribution in [2.24, 2.45) is 0 Å². The summed E-state index contributed by atoms with van der Waals surface area (Å²) in [6, 6.07) is 9.43. The van der Waals surface area contributed by atoms with Gasteiger partial charge in [-0.2, -0.15) is 0 Å². The molecule has 110 valence electrons. The number of fused-ring (bicyclic) bond motifs is 1. The fourth-order valence-corrected chi connectivity index (χ4v) is 2.87.